The smallest absolute Gasteiger partial charge is 0.252 e. The molecule has 1 aliphatic heterocycles. The van der Waals surface area contributed by atoms with Crippen molar-refractivity contribution in [1.82, 2.24) is 10.2 Å². The molecule has 3 N–H and O–H groups in total. The van der Waals surface area contributed by atoms with Gasteiger partial charge in [-0.05, 0) is 73.4 Å². The first-order valence-corrected chi connectivity index (χ1v) is 15.3. The minimum Gasteiger partial charge on any atom is -0.385 e. The summed E-state index contributed by atoms with van der Waals surface area (Å²) in [5.74, 6) is -0.776. The second-order valence-corrected chi connectivity index (χ2v) is 11.8. The van der Waals surface area contributed by atoms with Gasteiger partial charge in [-0.2, -0.15) is 8.42 Å². The Morgan fingerprint density at radius 2 is 1.55 bits per heavy atom. The van der Waals surface area contributed by atoms with Crippen LogP contribution in [0, 0.1) is 0 Å². The number of aryl methyl sites for hydroxylation is 1. The van der Waals surface area contributed by atoms with Gasteiger partial charge >= 0.3 is 0 Å². The fourth-order valence-corrected chi connectivity index (χ4v) is 6.22. The van der Waals surface area contributed by atoms with Crippen LogP contribution in [0.1, 0.15) is 68.7 Å². The third-order valence-corrected chi connectivity index (χ3v) is 8.58. The predicted octanol–water partition coefficient (Wildman–Crippen LogP) is 4.19. The number of aliphatic hydroxyl groups is 2. The number of fused-ring (bicyclic) bond motifs is 2. The minimum atomic E-state index is -2.66. The molecule has 7 nitrogen and oxygen atoms in total. The van der Waals surface area contributed by atoms with Gasteiger partial charge in [0.2, 0.25) is 10.3 Å². The largest absolute Gasteiger partial charge is 0.385 e. The third-order valence-electron chi connectivity index (χ3n) is 8.08. The van der Waals surface area contributed by atoms with Crippen molar-refractivity contribution in [3.05, 3.63) is 83.4 Å². The maximum Gasteiger partial charge on any atom is 0.252 e. The lowest BCUT2D eigenvalue weighted by atomic mass is 9.86. The van der Waals surface area contributed by atoms with Crippen LogP contribution in [-0.2, 0) is 28.1 Å². The van der Waals surface area contributed by atoms with Gasteiger partial charge < -0.3 is 15.5 Å². The standard InChI is InChI=1S/C22H32N2O5S.C10H8/c1-14-5-3-6-15(2)24(14)12-16-9-10-18-17(11-16)7-4-8-19(18)23-22(27)21(26)20(25)13-30(28)29;1-2-6-10-8-4-3-7-9(10)5-1/h9-11,13-15,19-21,25-26H,3-8,12H2,1-2H3,(H,23,27);1-8H/t14?,15?,19-,20-,21-;/m1./s1. The average molecular weight is 565 g/mol. The third kappa shape index (κ3) is 7.79. The molecule has 8 heteroatoms. The number of aliphatic hydroxyl groups excluding tert-OH is 2. The van der Waals surface area contributed by atoms with Crippen LogP contribution >= 0.6 is 0 Å². The van der Waals surface area contributed by atoms with Crippen LogP contribution in [0.3, 0.4) is 0 Å². The number of rotatable bonds is 6. The summed E-state index contributed by atoms with van der Waals surface area (Å²) in [5, 5.41) is 25.5. The molecule has 0 spiro atoms. The second-order valence-electron chi connectivity index (χ2n) is 11.0. The van der Waals surface area contributed by atoms with E-state index in [1.54, 1.807) is 0 Å². The summed E-state index contributed by atoms with van der Waals surface area (Å²) >= 11 is 0. The number of hydrogen-bond acceptors (Lipinski definition) is 6. The lowest BCUT2D eigenvalue weighted by molar-refractivity contribution is -0.133. The molecule has 2 unspecified atom stereocenters. The van der Waals surface area contributed by atoms with Crippen molar-refractivity contribution < 1.29 is 23.4 Å². The Hall–Kier alpha value is -3.04. The minimum absolute atomic E-state index is 0.261. The topological polar surface area (TPSA) is 107 Å². The molecule has 3 aromatic rings. The molecule has 1 fully saturated rings. The van der Waals surface area contributed by atoms with Crippen LogP contribution in [0.4, 0.5) is 0 Å². The van der Waals surface area contributed by atoms with E-state index in [1.807, 2.05) is 0 Å². The van der Waals surface area contributed by atoms with E-state index in [0.717, 1.165) is 31.4 Å². The molecule has 214 valence electrons. The maximum absolute atomic E-state index is 12.3. The lowest BCUT2D eigenvalue weighted by Crippen LogP contribution is -2.45. The normalized spacial score (nSPS) is 22.2. The highest BCUT2D eigenvalue weighted by atomic mass is 32.2. The highest BCUT2D eigenvalue weighted by molar-refractivity contribution is 7.71. The Morgan fingerprint density at radius 3 is 2.12 bits per heavy atom. The van der Waals surface area contributed by atoms with Crippen molar-refractivity contribution >= 4 is 32.3 Å². The van der Waals surface area contributed by atoms with E-state index in [1.165, 1.54) is 41.2 Å². The molecule has 3 aromatic carbocycles. The first kappa shape index (κ1) is 29.9. The number of amides is 1. The van der Waals surface area contributed by atoms with E-state index < -0.39 is 28.4 Å². The summed E-state index contributed by atoms with van der Waals surface area (Å²) < 4.78 is 21.3. The fraction of sp³-hybridized carbons (Fsp3) is 0.438. The molecule has 1 amide bonds. The Kier molecular flexibility index (Phi) is 10.5. The van der Waals surface area contributed by atoms with Gasteiger partial charge in [0.1, 0.15) is 6.10 Å². The molecule has 1 aliphatic carbocycles. The predicted molar refractivity (Wildman–Crippen MR) is 160 cm³/mol. The van der Waals surface area contributed by atoms with Crippen molar-refractivity contribution in [3.63, 3.8) is 0 Å². The maximum atomic E-state index is 12.3. The Labute approximate surface area is 238 Å². The Bertz CT molecular complexity index is 1360. The molecule has 1 heterocycles. The Morgan fingerprint density at radius 1 is 0.950 bits per heavy atom. The highest BCUT2D eigenvalue weighted by Gasteiger charge is 2.29. The summed E-state index contributed by atoms with van der Waals surface area (Å²) in [7, 11) is -2.66. The number of hydrogen-bond donors (Lipinski definition) is 3. The van der Waals surface area contributed by atoms with Crippen LogP contribution in [0.5, 0.6) is 0 Å². The first-order valence-electron chi connectivity index (χ1n) is 14.1. The van der Waals surface area contributed by atoms with E-state index in [0.29, 0.717) is 17.5 Å². The number of carbonyl (C=O) groups is 1. The number of nitrogens with one attached hydrogen (secondary N) is 1. The second kappa shape index (κ2) is 14.0. The molecule has 0 aromatic heterocycles. The summed E-state index contributed by atoms with van der Waals surface area (Å²) in [6, 6.07) is 24.0. The Balaban J connectivity index is 0.000000307. The number of benzene rings is 3. The van der Waals surface area contributed by atoms with Crippen LogP contribution in [-0.4, -0.2) is 59.1 Å². The zero-order valence-electron chi connectivity index (χ0n) is 23.2. The average Bonchev–Trinajstić information content (AvgIpc) is 2.94. The number of nitrogens with zero attached hydrogens (tertiary/aromatic N) is 1. The van der Waals surface area contributed by atoms with E-state index in [9.17, 15) is 23.4 Å². The van der Waals surface area contributed by atoms with Gasteiger partial charge in [0.25, 0.3) is 5.91 Å². The molecule has 40 heavy (non-hydrogen) atoms. The van der Waals surface area contributed by atoms with Crippen molar-refractivity contribution in [3.8, 4) is 0 Å². The van der Waals surface area contributed by atoms with Gasteiger partial charge in [0.05, 0.1) is 11.4 Å². The molecule has 1 saturated heterocycles. The number of piperidine rings is 1. The molecule has 0 saturated carbocycles. The zero-order chi connectivity index (χ0) is 28.6. The van der Waals surface area contributed by atoms with E-state index in [4.69, 9.17) is 0 Å². The van der Waals surface area contributed by atoms with Crippen LogP contribution in [0.15, 0.2) is 66.7 Å². The first-order chi connectivity index (χ1) is 19.2. The highest BCUT2D eigenvalue weighted by Crippen LogP contribution is 2.32. The molecule has 5 atom stereocenters. The number of likely N-dealkylation sites (tertiary alicyclic amines) is 1. The van der Waals surface area contributed by atoms with Gasteiger partial charge in [-0.15, -0.1) is 0 Å². The lowest BCUT2D eigenvalue weighted by Gasteiger charge is -2.39. The van der Waals surface area contributed by atoms with Crippen LogP contribution in [0.2, 0.25) is 0 Å². The van der Waals surface area contributed by atoms with Crippen LogP contribution < -0.4 is 5.32 Å². The van der Waals surface area contributed by atoms with Crippen molar-refractivity contribution in [2.45, 2.75) is 89.3 Å². The van der Waals surface area contributed by atoms with Gasteiger partial charge in [0, 0.05) is 18.6 Å². The van der Waals surface area contributed by atoms with Crippen molar-refractivity contribution in [1.29, 1.82) is 0 Å². The van der Waals surface area contributed by atoms with E-state index >= 15 is 0 Å². The van der Waals surface area contributed by atoms with Crippen LogP contribution in [0.25, 0.3) is 10.8 Å². The van der Waals surface area contributed by atoms with Crippen molar-refractivity contribution in [2.75, 3.05) is 0 Å². The van der Waals surface area contributed by atoms with Gasteiger partial charge in [0.15, 0.2) is 6.10 Å². The quantitative estimate of drug-likeness (QED) is 0.388. The fourth-order valence-electron chi connectivity index (χ4n) is 5.85. The number of carbonyl (C=O) groups excluding carboxylic acids is 1. The summed E-state index contributed by atoms with van der Waals surface area (Å²) in [4.78, 5) is 14.9. The van der Waals surface area contributed by atoms with Gasteiger partial charge in [-0.3, -0.25) is 9.69 Å². The molecule has 2 aliphatic rings. The molecule has 0 bridgehead atoms. The summed E-state index contributed by atoms with van der Waals surface area (Å²) in [5.41, 5.74) is 3.49. The van der Waals surface area contributed by atoms with Gasteiger partial charge in [-0.25, -0.2) is 0 Å². The molecule has 5 rings (SSSR count). The molecular formula is C32H40N2O5S. The van der Waals surface area contributed by atoms with Gasteiger partial charge in [-0.1, -0.05) is 73.2 Å². The monoisotopic (exact) mass is 564 g/mol. The zero-order valence-corrected chi connectivity index (χ0v) is 24.1. The van der Waals surface area contributed by atoms with E-state index in [-0.39, 0.29) is 6.04 Å². The van der Waals surface area contributed by atoms with Crippen molar-refractivity contribution in [2.24, 2.45) is 0 Å². The summed E-state index contributed by atoms with van der Waals surface area (Å²) in [6.07, 6.45) is 2.74. The molecule has 0 radical (unpaired) electrons. The van der Waals surface area contributed by atoms with E-state index in [2.05, 4.69) is 90.8 Å². The summed E-state index contributed by atoms with van der Waals surface area (Å²) in [6.45, 7) is 5.50. The molecular weight excluding hydrogens is 524 g/mol. The SMILES string of the molecule is CC1CCCC(C)N1Cc1ccc2c(c1)CCC[C@H]2NC(=O)[C@H](O)[C@H](O)C=S(=O)=O.c1ccc2ccccc2c1.